The molecule has 1 aliphatic heterocycles. The molecule has 0 aromatic heterocycles. The lowest BCUT2D eigenvalue weighted by molar-refractivity contribution is 0.0243. The molecule has 0 radical (unpaired) electrons. The number of nitrogens with zero attached hydrogens (tertiary/aromatic N) is 1. The number of halogens is 1. The molecule has 0 aliphatic carbocycles. The van der Waals surface area contributed by atoms with Crippen LogP contribution in [-0.2, 0) is 22.6 Å². The van der Waals surface area contributed by atoms with Gasteiger partial charge in [0.2, 0.25) is 0 Å². The van der Waals surface area contributed by atoms with Crippen LogP contribution in [0.15, 0.2) is 29.3 Å². The largest absolute Gasteiger partial charge is 0.380 e. The molecular formula is C17H28IN3O2. The number of methoxy groups -OCH3 is 1. The van der Waals surface area contributed by atoms with Gasteiger partial charge < -0.3 is 20.1 Å². The van der Waals surface area contributed by atoms with Gasteiger partial charge in [-0.3, -0.25) is 4.99 Å². The van der Waals surface area contributed by atoms with Crippen LogP contribution in [0.2, 0.25) is 0 Å². The molecule has 5 nitrogen and oxygen atoms in total. The molecule has 1 aromatic rings. The Kier molecular flexibility index (Phi) is 8.86. The number of hydrogen-bond donors (Lipinski definition) is 2. The second-order valence-corrected chi connectivity index (χ2v) is 5.93. The van der Waals surface area contributed by atoms with Gasteiger partial charge in [0, 0.05) is 33.9 Å². The molecule has 1 fully saturated rings. The Labute approximate surface area is 156 Å². The first-order chi connectivity index (χ1) is 10.6. The third kappa shape index (κ3) is 6.64. The van der Waals surface area contributed by atoms with Crippen LogP contribution in [0.25, 0.3) is 0 Å². The summed E-state index contributed by atoms with van der Waals surface area (Å²) in [5.41, 5.74) is 2.32. The first-order valence-electron chi connectivity index (χ1n) is 7.80. The average Bonchev–Trinajstić information content (AvgIpc) is 2.96. The van der Waals surface area contributed by atoms with Gasteiger partial charge in [0.05, 0.1) is 12.2 Å². The van der Waals surface area contributed by atoms with Crippen LogP contribution in [0, 0.1) is 0 Å². The maximum absolute atomic E-state index is 5.78. The number of guanidine groups is 1. The lowest BCUT2D eigenvalue weighted by Crippen LogP contribution is -2.45. The molecule has 1 unspecified atom stereocenters. The molecular weight excluding hydrogens is 405 g/mol. The molecule has 6 heteroatoms. The van der Waals surface area contributed by atoms with Crippen molar-refractivity contribution in [1.29, 1.82) is 0 Å². The smallest absolute Gasteiger partial charge is 0.191 e. The minimum Gasteiger partial charge on any atom is -0.380 e. The highest BCUT2D eigenvalue weighted by atomic mass is 127. The summed E-state index contributed by atoms with van der Waals surface area (Å²) >= 11 is 0. The zero-order valence-electron chi connectivity index (χ0n) is 14.2. The lowest BCUT2D eigenvalue weighted by Gasteiger charge is -2.24. The van der Waals surface area contributed by atoms with E-state index in [-0.39, 0.29) is 29.6 Å². The number of aliphatic imine (C=N–C) groups is 1. The molecule has 1 atom stereocenters. The van der Waals surface area contributed by atoms with Crippen LogP contribution in [0.4, 0.5) is 0 Å². The van der Waals surface area contributed by atoms with E-state index in [0.717, 1.165) is 38.5 Å². The zero-order valence-corrected chi connectivity index (χ0v) is 16.6. The van der Waals surface area contributed by atoms with Crippen LogP contribution in [0.5, 0.6) is 0 Å². The fourth-order valence-corrected chi connectivity index (χ4v) is 2.57. The summed E-state index contributed by atoms with van der Waals surface area (Å²) < 4.78 is 10.9. The predicted molar refractivity (Wildman–Crippen MR) is 104 cm³/mol. The van der Waals surface area contributed by atoms with E-state index in [1.54, 1.807) is 14.2 Å². The third-order valence-electron chi connectivity index (χ3n) is 3.95. The van der Waals surface area contributed by atoms with Crippen LogP contribution in [-0.4, -0.2) is 38.9 Å². The van der Waals surface area contributed by atoms with Crippen molar-refractivity contribution >= 4 is 29.9 Å². The van der Waals surface area contributed by atoms with Gasteiger partial charge in [0.15, 0.2) is 5.96 Å². The molecule has 0 saturated carbocycles. The highest BCUT2D eigenvalue weighted by Crippen LogP contribution is 2.23. The van der Waals surface area contributed by atoms with Crippen molar-refractivity contribution in [3.63, 3.8) is 0 Å². The average molecular weight is 433 g/mol. The summed E-state index contributed by atoms with van der Waals surface area (Å²) in [6, 6.07) is 8.39. The summed E-state index contributed by atoms with van der Waals surface area (Å²) in [6.07, 6.45) is 2.23. The number of hydrogen-bond acceptors (Lipinski definition) is 3. The van der Waals surface area contributed by atoms with Crippen molar-refractivity contribution in [1.82, 2.24) is 10.6 Å². The summed E-state index contributed by atoms with van der Waals surface area (Å²) in [5, 5.41) is 6.68. The second-order valence-electron chi connectivity index (χ2n) is 5.93. The Morgan fingerprint density at radius 1 is 1.26 bits per heavy atom. The minimum atomic E-state index is -0.0700. The Balaban J connectivity index is 0.00000264. The van der Waals surface area contributed by atoms with Crippen molar-refractivity contribution in [3.05, 3.63) is 35.4 Å². The molecule has 1 aliphatic rings. The fraction of sp³-hybridized carbons (Fsp3) is 0.588. The van der Waals surface area contributed by atoms with Gasteiger partial charge >= 0.3 is 0 Å². The molecule has 1 aromatic carbocycles. The van der Waals surface area contributed by atoms with E-state index in [0.29, 0.717) is 6.61 Å². The summed E-state index contributed by atoms with van der Waals surface area (Å²) in [6.45, 7) is 5.17. The highest BCUT2D eigenvalue weighted by molar-refractivity contribution is 14.0. The molecule has 0 bridgehead atoms. The van der Waals surface area contributed by atoms with E-state index >= 15 is 0 Å². The number of rotatable bonds is 6. The summed E-state index contributed by atoms with van der Waals surface area (Å²) in [4.78, 5) is 4.26. The lowest BCUT2D eigenvalue weighted by atomic mass is 10.0. The quantitative estimate of drug-likeness (QED) is 0.412. The Bertz CT molecular complexity index is 485. The van der Waals surface area contributed by atoms with E-state index in [2.05, 4.69) is 46.8 Å². The van der Waals surface area contributed by atoms with Crippen LogP contribution in [0.3, 0.4) is 0 Å². The molecule has 23 heavy (non-hydrogen) atoms. The summed E-state index contributed by atoms with van der Waals surface area (Å²) in [7, 11) is 3.49. The molecule has 0 amide bonds. The molecule has 1 heterocycles. The molecule has 130 valence electrons. The van der Waals surface area contributed by atoms with E-state index in [4.69, 9.17) is 9.47 Å². The van der Waals surface area contributed by atoms with E-state index in [1.807, 2.05) is 0 Å². The molecule has 2 rings (SSSR count). The third-order valence-corrected chi connectivity index (χ3v) is 3.95. The summed E-state index contributed by atoms with van der Waals surface area (Å²) in [5.74, 6) is 0.803. The Hall–Kier alpha value is -0.860. The maximum atomic E-state index is 5.78. The number of benzene rings is 1. The zero-order chi connectivity index (χ0) is 15.8. The maximum Gasteiger partial charge on any atom is 0.191 e. The van der Waals surface area contributed by atoms with Crippen molar-refractivity contribution in [2.24, 2.45) is 4.99 Å². The molecule has 0 spiro atoms. The van der Waals surface area contributed by atoms with Gasteiger partial charge in [-0.15, -0.1) is 24.0 Å². The van der Waals surface area contributed by atoms with Crippen LogP contribution in [0.1, 0.15) is 30.9 Å². The first-order valence-corrected chi connectivity index (χ1v) is 7.80. The topological polar surface area (TPSA) is 54.9 Å². The van der Waals surface area contributed by atoms with Crippen LogP contribution < -0.4 is 10.6 Å². The number of ether oxygens (including phenoxy) is 2. The van der Waals surface area contributed by atoms with Gasteiger partial charge in [-0.25, -0.2) is 0 Å². The van der Waals surface area contributed by atoms with E-state index in [9.17, 15) is 0 Å². The monoisotopic (exact) mass is 433 g/mol. The molecule has 1 saturated heterocycles. The van der Waals surface area contributed by atoms with Crippen molar-refractivity contribution in [2.75, 3.05) is 27.3 Å². The fourth-order valence-electron chi connectivity index (χ4n) is 2.57. The SMILES string of the molecule is CN=C(NCc1ccc(COC)cc1)NCC1(C)CCCO1.I. The van der Waals surface area contributed by atoms with Gasteiger partial charge in [0.1, 0.15) is 0 Å². The van der Waals surface area contributed by atoms with E-state index < -0.39 is 0 Å². The predicted octanol–water partition coefficient (Wildman–Crippen LogP) is 2.69. The molecule has 2 N–H and O–H groups in total. The van der Waals surface area contributed by atoms with Gasteiger partial charge in [-0.1, -0.05) is 24.3 Å². The second kappa shape index (κ2) is 10.1. The van der Waals surface area contributed by atoms with Crippen molar-refractivity contribution in [2.45, 2.75) is 38.5 Å². The number of nitrogens with one attached hydrogen (secondary N) is 2. The van der Waals surface area contributed by atoms with Gasteiger partial charge in [-0.2, -0.15) is 0 Å². The van der Waals surface area contributed by atoms with Crippen molar-refractivity contribution < 1.29 is 9.47 Å². The Morgan fingerprint density at radius 2 is 1.96 bits per heavy atom. The van der Waals surface area contributed by atoms with Gasteiger partial charge in [0.25, 0.3) is 0 Å². The van der Waals surface area contributed by atoms with Crippen molar-refractivity contribution in [3.8, 4) is 0 Å². The first kappa shape index (κ1) is 20.2. The highest BCUT2D eigenvalue weighted by Gasteiger charge is 2.29. The Morgan fingerprint density at radius 3 is 2.52 bits per heavy atom. The van der Waals surface area contributed by atoms with Gasteiger partial charge in [-0.05, 0) is 30.9 Å². The van der Waals surface area contributed by atoms with Crippen LogP contribution >= 0.6 is 24.0 Å². The normalized spacial score (nSPS) is 20.9. The minimum absolute atomic E-state index is 0. The standard InChI is InChI=1S/C17H27N3O2.HI/c1-17(9-4-10-22-17)13-20-16(18-2)19-11-14-5-7-15(8-6-14)12-21-3;/h5-8H,4,9-13H2,1-3H3,(H2,18,19,20);1H. The van der Waals surface area contributed by atoms with E-state index in [1.165, 1.54) is 11.1 Å².